The van der Waals surface area contributed by atoms with Crippen LogP contribution in [0.2, 0.25) is 0 Å². The fourth-order valence-electron chi connectivity index (χ4n) is 0. The molecule has 0 atom stereocenters. The van der Waals surface area contributed by atoms with Crippen LogP contribution < -0.4 is 6.15 Å². The van der Waals surface area contributed by atoms with E-state index in [2.05, 4.69) is 0 Å². The van der Waals surface area contributed by atoms with Gasteiger partial charge in [0.1, 0.15) is 0 Å². The Morgan fingerprint density at radius 1 is 0.667 bits per heavy atom. The first-order valence-corrected chi connectivity index (χ1v) is 13.4. The van der Waals surface area contributed by atoms with Crippen LogP contribution in [0.25, 0.3) is 0 Å². The Hall–Kier alpha value is 2.28. The summed E-state index contributed by atoms with van der Waals surface area (Å²) in [4.78, 5) is 0. The van der Waals surface area contributed by atoms with Gasteiger partial charge in [0.15, 0.2) is 0 Å². The molecule has 0 aliphatic carbocycles. The molecule has 0 amide bonds. The minimum absolute atomic E-state index is 0. The number of hydrogen-bond donors (Lipinski definition) is 1. The summed E-state index contributed by atoms with van der Waals surface area (Å²) in [5.41, 5.74) is 0. The molecular weight excluding hydrogens is 346 g/mol. The van der Waals surface area contributed by atoms with Crippen molar-refractivity contribution in [3.8, 4) is 0 Å². The van der Waals surface area contributed by atoms with Gasteiger partial charge >= 0.3 is 64.6 Å². The Morgan fingerprint density at radius 2 is 0.667 bits per heavy atom. The number of rotatable bonds is 0. The molecule has 5 N–H and O–H groups in total. The summed E-state index contributed by atoms with van der Waals surface area (Å²) < 4.78 is 0. The van der Waals surface area contributed by atoms with Gasteiger partial charge in [0.2, 0.25) is 0 Å². The van der Waals surface area contributed by atoms with Gasteiger partial charge < -0.3 is 11.6 Å². The molecular formula is H5Cl6NORh. The first-order chi connectivity index (χ1) is 2.45. The summed E-state index contributed by atoms with van der Waals surface area (Å²) in [5.74, 6) is 0. The molecule has 0 unspecified atom stereocenters. The van der Waals surface area contributed by atoms with E-state index in [1.807, 2.05) is 0 Å². The van der Waals surface area contributed by atoms with E-state index < -0.39 is 6.48 Å². The molecule has 2 nitrogen and oxygen atoms in total. The van der Waals surface area contributed by atoms with Crippen LogP contribution in [0.1, 0.15) is 0 Å². The molecule has 9 heteroatoms. The first kappa shape index (κ1) is 17.4. The van der Waals surface area contributed by atoms with Gasteiger partial charge in [0.05, 0.1) is 0 Å². The van der Waals surface area contributed by atoms with Gasteiger partial charge in [-0.05, 0) is 0 Å². The van der Waals surface area contributed by atoms with Gasteiger partial charge in [0.25, 0.3) is 0 Å². The van der Waals surface area contributed by atoms with Crippen molar-refractivity contribution < 1.29 is 12.0 Å². The summed E-state index contributed by atoms with van der Waals surface area (Å²) in [7, 11) is 30.2. The van der Waals surface area contributed by atoms with E-state index in [1.165, 1.54) is 0 Å². The van der Waals surface area contributed by atoms with E-state index >= 15 is 0 Å². The topological polar surface area (TPSA) is 66.5 Å². The van der Waals surface area contributed by atoms with Crippen molar-refractivity contribution in [2.45, 2.75) is 0 Å². The summed E-state index contributed by atoms with van der Waals surface area (Å²) in [6.45, 7) is -5.15. The van der Waals surface area contributed by atoms with E-state index in [-0.39, 0.29) is 11.6 Å². The molecule has 0 fully saturated rings. The maximum absolute atomic E-state index is 5.15. The van der Waals surface area contributed by atoms with Gasteiger partial charge in [-0.3, -0.25) is 0 Å². The fourth-order valence-corrected chi connectivity index (χ4v) is 0. The number of halogens is 6. The molecule has 0 aliphatic heterocycles. The molecule has 0 rings (SSSR count). The standard InChI is InChI=1S/6ClH.H3N.H2O.Rh/h6*1H;1H3;1H2;/q;;;;;;;;+6/p-6. The summed E-state index contributed by atoms with van der Waals surface area (Å²) in [5, 5.41) is 0. The first-order valence-electron chi connectivity index (χ1n) is 0.756. The van der Waals surface area contributed by atoms with Crippen molar-refractivity contribution in [2.75, 3.05) is 0 Å². The summed E-state index contributed by atoms with van der Waals surface area (Å²) in [6, 6.07) is 0. The van der Waals surface area contributed by atoms with Crippen molar-refractivity contribution in [3.05, 3.63) is 0 Å². The zero-order valence-corrected chi connectivity index (χ0v) is 9.98. The Balaban J connectivity index is -0.000000180. The SMILES string of the molecule is N.O.[Cl][Rh]([Cl])([Cl])([Cl])([Cl])[Cl]. The third-order valence-corrected chi connectivity index (χ3v) is 0. The fraction of sp³-hybridized carbons (Fsp3) is 0. The second kappa shape index (κ2) is 2.97. The second-order valence-corrected chi connectivity index (χ2v) is 38.0. The van der Waals surface area contributed by atoms with Gasteiger partial charge in [-0.15, -0.1) is 0 Å². The van der Waals surface area contributed by atoms with Gasteiger partial charge in [-0.25, -0.2) is 0 Å². The molecule has 0 aromatic carbocycles. The Labute approximate surface area is 75.5 Å². The van der Waals surface area contributed by atoms with Gasteiger partial charge in [0, 0.05) is 0 Å². The molecule has 67 valence electrons. The van der Waals surface area contributed by atoms with Crippen molar-refractivity contribution in [1.82, 2.24) is 6.15 Å². The second-order valence-electron chi connectivity index (χ2n) is 0.714. The van der Waals surface area contributed by atoms with Crippen LogP contribution in [0.15, 0.2) is 0 Å². The van der Waals surface area contributed by atoms with Crippen LogP contribution in [0.4, 0.5) is 0 Å². The quantitative estimate of drug-likeness (QED) is 0.668. The molecule has 0 aromatic heterocycles. The van der Waals surface area contributed by atoms with E-state index in [4.69, 9.17) is 58.1 Å². The molecule has 0 saturated heterocycles. The third kappa shape index (κ3) is 135. The molecule has 0 radical (unpaired) electrons. The maximum atomic E-state index is 5.04. The monoisotopic (exact) mass is 348 g/mol. The van der Waals surface area contributed by atoms with E-state index in [0.717, 1.165) is 0 Å². The predicted molar refractivity (Wildman–Crippen MR) is 43.8 cm³/mol. The minimum atomic E-state index is -5.15. The van der Waals surface area contributed by atoms with E-state index in [9.17, 15) is 0 Å². The van der Waals surface area contributed by atoms with Crippen LogP contribution in [0, 0.1) is 0 Å². The van der Waals surface area contributed by atoms with E-state index in [1.54, 1.807) is 0 Å². The molecule has 0 bridgehead atoms. The van der Waals surface area contributed by atoms with Crippen LogP contribution in [0.3, 0.4) is 0 Å². The Kier molecular flexibility index (Phi) is 5.73. The predicted octanol–water partition coefficient (Wildman–Crippen LogP) is 3.47. The summed E-state index contributed by atoms with van der Waals surface area (Å²) in [6.07, 6.45) is 0. The van der Waals surface area contributed by atoms with Crippen molar-refractivity contribution in [2.24, 2.45) is 0 Å². The van der Waals surface area contributed by atoms with Crippen molar-refractivity contribution in [1.29, 1.82) is 0 Å². The Morgan fingerprint density at radius 3 is 0.667 bits per heavy atom. The molecule has 0 heterocycles. The molecule has 0 aliphatic rings. The number of hydrogen-bond acceptors (Lipinski definition) is 1. The third-order valence-electron chi connectivity index (χ3n) is 0. The summed E-state index contributed by atoms with van der Waals surface area (Å²) >= 11 is 0. The normalized spacial score (nSPS) is 18.0. The van der Waals surface area contributed by atoms with Crippen molar-refractivity contribution in [3.63, 3.8) is 0 Å². The van der Waals surface area contributed by atoms with Gasteiger partial charge in [-0.2, -0.15) is 0 Å². The van der Waals surface area contributed by atoms with E-state index in [0.29, 0.717) is 0 Å². The average molecular weight is 351 g/mol. The van der Waals surface area contributed by atoms with Crippen LogP contribution in [0.5, 0.6) is 0 Å². The van der Waals surface area contributed by atoms with Gasteiger partial charge in [-0.1, -0.05) is 0 Å². The molecule has 0 spiro atoms. The van der Waals surface area contributed by atoms with Crippen LogP contribution in [-0.4, -0.2) is 5.48 Å². The Bertz CT molecular complexity index is 71.6. The molecule has 9 heavy (non-hydrogen) atoms. The molecule has 0 saturated carbocycles. The molecule has 0 aromatic rings. The zero-order valence-electron chi connectivity index (χ0n) is 3.81. The zero-order chi connectivity index (χ0) is 6.41. The van der Waals surface area contributed by atoms with Crippen LogP contribution >= 0.6 is 58.1 Å². The van der Waals surface area contributed by atoms with Crippen molar-refractivity contribution >= 4 is 58.1 Å². The van der Waals surface area contributed by atoms with Crippen LogP contribution in [-0.2, 0) is 6.48 Å². The average Bonchev–Trinajstić information content (AvgIpc) is 0.592.